The van der Waals surface area contributed by atoms with Crippen LogP contribution in [-0.2, 0) is 25.1 Å². The highest BCUT2D eigenvalue weighted by atomic mass is 16.6. The number of carbonyl (C=O) groups is 2. The summed E-state index contributed by atoms with van der Waals surface area (Å²) in [5.41, 5.74) is 0.805. The maximum Gasteiger partial charge on any atom is 0.415 e. The summed E-state index contributed by atoms with van der Waals surface area (Å²) in [6.07, 6.45) is 0.272. The molecule has 1 saturated carbocycles. The van der Waals surface area contributed by atoms with Gasteiger partial charge in [0.1, 0.15) is 11.0 Å². The summed E-state index contributed by atoms with van der Waals surface area (Å²) in [6.45, 7) is 5.91. The number of fused-ring (bicyclic) bond motifs is 2. The third-order valence-electron chi connectivity index (χ3n) is 6.27. The Morgan fingerprint density at radius 2 is 1.79 bits per heavy atom. The lowest BCUT2D eigenvalue weighted by atomic mass is 9.77. The number of cyclic esters (lactones) is 1. The molecule has 2 fully saturated rings. The van der Waals surface area contributed by atoms with E-state index in [1.807, 2.05) is 75.4 Å². The van der Waals surface area contributed by atoms with Gasteiger partial charge in [0.05, 0.1) is 18.3 Å². The SMILES string of the molecule is CC(C)(C)OC(=O)N1c2ccccc2[C@@]23CCOC(=O)[C@]2(c2ccccc2)[C@@H]13. The standard InChI is InChI=1S/C23H23NO4/c1-21(2,3)28-20(26)24-17-12-8-7-11-16(17)22-13-14-27-19(25)23(22,18(22)24)15-9-5-4-6-10-15/h4-12,18H,13-14H2,1-3H3/t18-,22+,23-/m0/s1. The Balaban J connectivity index is 1.72. The van der Waals surface area contributed by atoms with Crippen molar-refractivity contribution in [3.63, 3.8) is 0 Å². The van der Waals surface area contributed by atoms with Crippen LogP contribution < -0.4 is 4.90 Å². The van der Waals surface area contributed by atoms with Crippen molar-refractivity contribution in [2.75, 3.05) is 11.5 Å². The predicted octanol–water partition coefficient (Wildman–Crippen LogP) is 3.95. The van der Waals surface area contributed by atoms with Crippen LogP contribution in [0.4, 0.5) is 10.5 Å². The molecule has 28 heavy (non-hydrogen) atoms. The van der Waals surface area contributed by atoms with Crippen molar-refractivity contribution in [2.45, 2.75) is 49.7 Å². The molecule has 1 amide bonds. The van der Waals surface area contributed by atoms with Crippen molar-refractivity contribution in [3.05, 3.63) is 65.7 Å². The van der Waals surface area contributed by atoms with E-state index in [1.165, 1.54) is 0 Å². The summed E-state index contributed by atoms with van der Waals surface area (Å²) in [5.74, 6) is -0.252. The van der Waals surface area contributed by atoms with Crippen LogP contribution in [0.25, 0.3) is 0 Å². The molecule has 5 heteroatoms. The molecule has 2 aromatic rings. The third-order valence-corrected chi connectivity index (χ3v) is 6.27. The summed E-state index contributed by atoms with van der Waals surface area (Å²) < 4.78 is 11.3. The van der Waals surface area contributed by atoms with Gasteiger partial charge in [-0.05, 0) is 44.4 Å². The number of anilines is 1. The minimum absolute atomic E-state index is 0.252. The van der Waals surface area contributed by atoms with Crippen molar-refractivity contribution in [1.82, 2.24) is 0 Å². The molecule has 0 radical (unpaired) electrons. The highest BCUT2D eigenvalue weighted by molar-refractivity contribution is 6.06. The van der Waals surface area contributed by atoms with Gasteiger partial charge in [-0.15, -0.1) is 0 Å². The van der Waals surface area contributed by atoms with E-state index in [0.29, 0.717) is 13.0 Å². The predicted molar refractivity (Wildman–Crippen MR) is 104 cm³/mol. The number of carbonyl (C=O) groups excluding carboxylic acids is 2. The second-order valence-corrected chi connectivity index (χ2v) is 8.80. The van der Waals surface area contributed by atoms with Crippen LogP contribution in [0.2, 0.25) is 0 Å². The number of nitrogens with zero attached hydrogens (tertiary/aromatic N) is 1. The van der Waals surface area contributed by atoms with Crippen LogP contribution in [0, 0.1) is 0 Å². The van der Waals surface area contributed by atoms with Crippen molar-refractivity contribution in [2.24, 2.45) is 0 Å². The zero-order chi connectivity index (χ0) is 19.7. The van der Waals surface area contributed by atoms with E-state index < -0.39 is 22.5 Å². The van der Waals surface area contributed by atoms with Crippen molar-refractivity contribution >= 4 is 17.7 Å². The average molecular weight is 377 g/mol. The van der Waals surface area contributed by atoms with Gasteiger partial charge in [-0.2, -0.15) is 0 Å². The maximum atomic E-state index is 13.2. The summed E-state index contributed by atoms with van der Waals surface area (Å²) in [5, 5.41) is 0. The number of esters is 1. The smallest absolute Gasteiger partial charge is 0.415 e. The van der Waals surface area contributed by atoms with E-state index in [0.717, 1.165) is 16.8 Å². The van der Waals surface area contributed by atoms with Crippen molar-refractivity contribution in [1.29, 1.82) is 0 Å². The zero-order valence-corrected chi connectivity index (χ0v) is 16.3. The molecule has 2 aromatic carbocycles. The average Bonchev–Trinajstić information content (AvgIpc) is 3.18. The van der Waals surface area contributed by atoms with E-state index in [4.69, 9.17) is 9.47 Å². The molecule has 1 aliphatic carbocycles. The molecule has 0 N–H and O–H groups in total. The number of para-hydroxylation sites is 1. The molecule has 5 nitrogen and oxygen atoms in total. The third kappa shape index (κ3) is 1.91. The number of ether oxygens (including phenoxy) is 2. The van der Waals surface area contributed by atoms with E-state index in [1.54, 1.807) is 4.90 Å². The normalized spacial score (nSPS) is 30.0. The lowest BCUT2D eigenvalue weighted by molar-refractivity contribution is -0.151. The molecular formula is C23H23NO4. The fourth-order valence-electron chi connectivity index (χ4n) is 5.42. The molecule has 2 aliphatic heterocycles. The minimum atomic E-state index is -0.877. The van der Waals surface area contributed by atoms with Crippen molar-refractivity contribution in [3.8, 4) is 0 Å². The molecular weight excluding hydrogens is 354 g/mol. The molecule has 0 bridgehead atoms. The molecule has 3 aliphatic rings. The molecule has 144 valence electrons. The first-order valence-electron chi connectivity index (χ1n) is 9.68. The number of rotatable bonds is 1. The Hall–Kier alpha value is -2.82. The molecule has 0 aromatic heterocycles. The van der Waals surface area contributed by atoms with E-state index in [2.05, 4.69) is 0 Å². The van der Waals surface area contributed by atoms with Gasteiger partial charge in [-0.1, -0.05) is 48.5 Å². The van der Waals surface area contributed by atoms with Gasteiger partial charge < -0.3 is 9.47 Å². The van der Waals surface area contributed by atoms with Gasteiger partial charge in [0, 0.05) is 5.41 Å². The monoisotopic (exact) mass is 377 g/mol. The lowest BCUT2D eigenvalue weighted by Crippen LogP contribution is -2.44. The Bertz CT molecular complexity index is 980. The lowest BCUT2D eigenvalue weighted by Gasteiger charge is -2.33. The first-order chi connectivity index (χ1) is 13.3. The van der Waals surface area contributed by atoms with Crippen LogP contribution in [-0.4, -0.2) is 30.3 Å². The Morgan fingerprint density at radius 3 is 2.50 bits per heavy atom. The van der Waals surface area contributed by atoms with Crippen molar-refractivity contribution < 1.29 is 19.1 Å². The van der Waals surface area contributed by atoms with Gasteiger partial charge in [-0.25, -0.2) is 4.79 Å². The van der Waals surface area contributed by atoms with Gasteiger partial charge in [0.15, 0.2) is 0 Å². The van der Waals surface area contributed by atoms with Crippen LogP contribution in [0.15, 0.2) is 54.6 Å². The van der Waals surface area contributed by atoms with Crippen LogP contribution in [0.5, 0.6) is 0 Å². The number of benzene rings is 2. The van der Waals surface area contributed by atoms with Gasteiger partial charge in [0.2, 0.25) is 0 Å². The second-order valence-electron chi connectivity index (χ2n) is 8.80. The summed E-state index contributed by atoms with van der Waals surface area (Å²) in [7, 11) is 0. The fourth-order valence-corrected chi connectivity index (χ4v) is 5.42. The van der Waals surface area contributed by atoms with Crippen LogP contribution in [0.1, 0.15) is 38.3 Å². The van der Waals surface area contributed by atoms with Gasteiger partial charge in [0.25, 0.3) is 0 Å². The van der Waals surface area contributed by atoms with Gasteiger partial charge in [-0.3, -0.25) is 9.69 Å². The molecule has 1 spiro atoms. The molecule has 2 heterocycles. The summed E-state index contributed by atoms with van der Waals surface area (Å²) in [4.78, 5) is 28.2. The van der Waals surface area contributed by atoms with Gasteiger partial charge >= 0.3 is 12.1 Å². The zero-order valence-electron chi connectivity index (χ0n) is 16.3. The van der Waals surface area contributed by atoms with E-state index in [9.17, 15) is 9.59 Å². The van der Waals surface area contributed by atoms with Crippen LogP contribution in [0.3, 0.4) is 0 Å². The minimum Gasteiger partial charge on any atom is -0.465 e. The second kappa shape index (κ2) is 5.37. The molecule has 0 unspecified atom stereocenters. The molecule has 1 saturated heterocycles. The maximum absolute atomic E-state index is 13.2. The number of amides is 1. The Morgan fingerprint density at radius 1 is 1.11 bits per heavy atom. The van der Waals surface area contributed by atoms with E-state index >= 15 is 0 Å². The topological polar surface area (TPSA) is 55.8 Å². The fraction of sp³-hybridized carbons (Fsp3) is 0.391. The molecule has 3 atom stereocenters. The summed E-state index contributed by atoms with van der Waals surface area (Å²) >= 11 is 0. The first kappa shape index (κ1) is 17.3. The highest BCUT2D eigenvalue weighted by Crippen LogP contribution is 2.76. The number of hydrogen-bond acceptors (Lipinski definition) is 4. The quantitative estimate of drug-likeness (QED) is 0.706. The summed E-state index contributed by atoms with van der Waals surface area (Å²) in [6, 6.07) is 17.2. The largest absolute Gasteiger partial charge is 0.465 e. The highest BCUT2D eigenvalue weighted by Gasteiger charge is 2.89. The Labute approximate surface area is 164 Å². The molecule has 5 rings (SSSR count). The number of hydrogen-bond donors (Lipinski definition) is 0. The Kier molecular flexibility index (Phi) is 3.32. The van der Waals surface area contributed by atoms with Crippen LogP contribution >= 0.6 is 0 Å². The van der Waals surface area contributed by atoms with E-state index in [-0.39, 0.29) is 12.0 Å². The first-order valence-corrected chi connectivity index (χ1v) is 9.68.